The third kappa shape index (κ3) is 4.40. The number of rotatable bonds is 3. The van der Waals surface area contributed by atoms with E-state index in [0.717, 1.165) is 0 Å². The summed E-state index contributed by atoms with van der Waals surface area (Å²) in [6.45, 7) is 2.53. The van der Waals surface area contributed by atoms with Crippen LogP contribution in [0, 0.1) is 0 Å². The molecule has 0 amide bonds. The summed E-state index contributed by atoms with van der Waals surface area (Å²) in [6, 6.07) is 0. The van der Waals surface area contributed by atoms with E-state index in [0.29, 0.717) is 17.0 Å². The van der Waals surface area contributed by atoms with E-state index in [1.165, 1.54) is 0 Å². The minimum atomic E-state index is 0.538. The van der Waals surface area contributed by atoms with Gasteiger partial charge in [-0.15, -0.1) is 0 Å². The van der Waals surface area contributed by atoms with Gasteiger partial charge >= 0.3 is 0 Å². The zero-order valence-corrected chi connectivity index (χ0v) is 7.52. The van der Waals surface area contributed by atoms with Crippen molar-refractivity contribution in [3.8, 4) is 0 Å². The molecule has 0 saturated carbocycles. The molecule has 0 atom stereocenters. The van der Waals surface area contributed by atoms with Crippen LogP contribution in [0.4, 0.5) is 0 Å². The molecule has 0 radical (unpaired) electrons. The Labute approximate surface area is 68.8 Å². The van der Waals surface area contributed by atoms with Crippen molar-refractivity contribution in [1.29, 1.82) is 0 Å². The van der Waals surface area contributed by atoms with Gasteiger partial charge in [-0.1, -0.05) is 0 Å². The average Bonchev–Trinajstić information content (AvgIpc) is 1.86. The molecule has 0 aromatic heterocycles. The van der Waals surface area contributed by atoms with Crippen LogP contribution in [0.3, 0.4) is 0 Å². The Morgan fingerprint density at radius 2 is 2.40 bits per heavy atom. The van der Waals surface area contributed by atoms with Crippen LogP contribution in [0.15, 0.2) is 22.6 Å². The SMILES string of the molecule is CCOC(C=C(N)Br)=C[NH3+]. The van der Waals surface area contributed by atoms with E-state index in [1.807, 2.05) is 6.92 Å². The Morgan fingerprint density at radius 3 is 2.70 bits per heavy atom. The van der Waals surface area contributed by atoms with Crippen LogP contribution in [0.25, 0.3) is 0 Å². The number of hydrogen-bond acceptors (Lipinski definition) is 2. The molecule has 0 fully saturated rings. The maximum absolute atomic E-state index is 5.33. The number of hydrogen-bond donors (Lipinski definition) is 2. The van der Waals surface area contributed by atoms with Gasteiger partial charge in [0.05, 0.1) is 11.2 Å². The van der Waals surface area contributed by atoms with Gasteiger partial charge in [0.2, 0.25) is 0 Å². The van der Waals surface area contributed by atoms with Gasteiger partial charge in [0, 0.05) is 6.08 Å². The predicted octanol–water partition coefficient (Wildman–Crippen LogP) is 0.301. The van der Waals surface area contributed by atoms with E-state index in [-0.39, 0.29) is 0 Å². The maximum atomic E-state index is 5.33. The summed E-state index contributed by atoms with van der Waals surface area (Å²) in [5.74, 6) is 0.678. The molecular weight excluding hydrogens is 196 g/mol. The minimum absolute atomic E-state index is 0.538. The lowest BCUT2D eigenvalue weighted by atomic mass is 10.5. The summed E-state index contributed by atoms with van der Waals surface area (Å²) in [7, 11) is 0. The fraction of sp³-hybridized carbons (Fsp3) is 0.333. The van der Waals surface area contributed by atoms with Crippen LogP contribution >= 0.6 is 15.9 Å². The quantitative estimate of drug-likeness (QED) is 0.398. The largest absolute Gasteiger partial charge is 0.488 e. The first-order valence-electron chi connectivity index (χ1n) is 2.95. The second-order valence-electron chi connectivity index (χ2n) is 1.57. The van der Waals surface area contributed by atoms with E-state index >= 15 is 0 Å². The molecule has 0 aliphatic heterocycles. The highest BCUT2D eigenvalue weighted by molar-refractivity contribution is 9.11. The highest BCUT2D eigenvalue weighted by atomic mass is 79.9. The monoisotopic (exact) mass is 207 g/mol. The van der Waals surface area contributed by atoms with Crippen LogP contribution in [0.1, 0.15) is 6.92 Å². The molecule has 0 aliphatic carbocycles. The Balaban J connectivity index is 3.98. The molecule has 58 valence electrons. The molecule has 0 bridgehead atoms. The first-order valence-corrected chi connectivity index (χ1v) is 3.74. The Hall–Kier alpha value is -0.480. The molecule has 0 saturated heterocycles. The van der Waals surface area contributed by atoms with E-state index in [1.54, 1.807) is 12.3 Å². The van der Waals surface area contributed by atoms with Crippen LogP contribution < -0.4 is 11.5 Å². The van der Waals surface area contributed by atoms with Crippen LogP contribution in [0.2, 0.25) is 0 Å². The molecule has 10 heavy (non-hydrogen) atoms. The number of allylic oxidation sites excluding steroid dienone is 1. The fourth-order valence-electron chi connectivity index (χ4n) is 0.462. The summed E-state index contributed by atoms with van der Waals surface area (Å²) in [5, 5.41) is 0. The van der Waals surface area contributed by atoms with Gasteiger partial charge in [0.15, 0.2) is 5.76 Å². The third-order valence-electron chi connectivity index (χ3n) is 0.792. The van der Waals surface area contributed by atoms with Crippen LogP contribution in [-0.2, 0) is 4.74 Å². The first-order chi connectivity index (χ1) is 4.70. The number of quaternary nitrogens is 1. The number of ether oxygens (including phenoxy) is 1. The van der Waals surface area contributed by atoms with Gasteiger partial charge in [-0.2, -0.15) is 0 Å². The van der Waals surface area contributed by atoms with Gasteiger partial charge in [-0.25, -0.2) is 0 Å². The normalized spacial score (nSPS) is 13.5. The van der Waals surface area contributed by atoms with Gasteiger partial charge in [-0.05, 0) is 22.9 Å². The molecule has 0 spiro atoms. The molecule has 3 nitrogen and oxygen atoms in total. The summed E-state index contributed by atoms with van der Waals surface area (Å²) in [6.07, 6.45) is 3.27. The van der Waals surface area contributed by atoms with Crippen molar-refractivity contribution < 1.29 is 10.5 Å². The first kappa shape index (κ1) is 9.52. The van der Waals surface area contributed by atoms with Crippen LogP contribution in [0.5, 0.6) is 0 Å². The summed E-state index contributed by atoms with van der Waals surface area (Å²) >= 11 is 3.08. The molecule has 0 aliphatic rings. The Morgan fingerprint density at radius 1 is 1.80 bits per heavy atom. The molecule has 0 rings (SSSR count). The number of nitrogens with two attached hydrogens (primary N) is 1. The average molecular weight is 208 g/mol. The smallest absolute Gasteiger partial charge is 0.174 e. The third-order valence-corrected chi connectivity index (χ3v) is 1.02. The van der Waals surface area contributed by atoms with E-state index in [9.17, 15) is 0 Å². The van der Waals surface area contributed by atoms with E-state index in [4.69, 9.17) is 10.5 Å². The molecule has 0 heterocycles. The fourth-order valence-corrected chi connectivity index (χ4v) is 0.688. The highest BCUT2D eigenvalue weighted by Crippen LogP contribution is 2.02. The van der Waals surface area contributed by atoms with Crippen molar-refractivity contribution in [3.05, 3.63) is 22.6 Å². The second kappa shape index (κ2) is 5.32. The van der Waals surface area contributed by atoms with Crippen molar-refractivity contribution in [1.82, 2.24) is 0 Å². The second-order valence-corrected chi connectivity index (χ2v) is 2.48. The van der Waals surface area contributed by atoms with Gasteiger partial charge < -0.3 is 16.2 Å². The Kier molecular flexibility index (Phi) is 5.06. The lowest BCUT2D eigenvalue weighted by Crippen LogP contribution is -2.40. The Bertz CT molecular complexity index is 150. The lowest BCUT2D eigenvalue weighted by molar-refractivity contribution is -0.278. The summed E-state index contributed by atoms with van der Waals surface area (Å²) < 4.78 is 5.65. The van der Waals surface area contributed by atoms with E-state index in [2.05, 4.69) is 21.7 Å². The van der Waals surface area contributed by atoms with Gasteiger partial charge in [0.25, 0.3) is 0 Å². The van der Waals surface area contributed by atoms with Crippen molar-refractivity contribution in [2.75, 3.05) is 6.61 Å². The standard InChI is InChI=1S/C6H11BrN2O/c1-2-10-5(4-8)3-6(7)9/h3-4H,2,8-9H2,1H3/p+1. The molecule has 5 N–H and O–H groups in total. The zero-order chi connectivity index (χ0) is 7.98. The minimum Gasteiger partial charge on any atom is -0.488 e. The van der Waals surface area contributed by atoms with Crippen molar-refractivity contribution in [2.24, 2.45) is 5.73 Å². The van der Waals surface area contributed by atoms with E-state index < -0.39 is 0 Å². The predicted molar refractivity (Wildman–Crippen MR) is 43.8 cm³/mol. The highest BCUT2D eigenvalue weighted by Gasteiger charge is 1.92. The zero-order valence-electron chi connectivity index (χ0n) is 5.93. The summed E-state index contributed by atoms with van der Waals surface area (Å²) in [5.41, 5.74) is 8.88. The molecular formula is C6H12BrN2O+. The van der Waals surface area contributed by atoms with Crippen molar-refractivity contribution in [3.63, 3.8) is 0 Å². The molecule has 4 heteroatoms. The van der Waals surface area contributed by atoms with Crippen molar-refractivity contribution in [2.45, 2.75) is 6.92 Å². The summed E-state index contributed by atoms with van der Waals surface area (Å²) in [4.78, 5) is 0. The topological polar surface area (TPSA) is 62.9 Å². The van der Waals surface area contributed by atoms with Crippen LogP contribution in [-0.4, -0.2) is 6.61 Å². The van der Waals surface area contributed by atoms with Gasteiger partial charge in [-0.3, -0.25) is 0 Å². The number of halogens is 1. The molecule has 0 aromatic rings. The maximum Gasteiger partial charge on any atom is 0.174 e. The van der Waals surface area contributed by atoms with Gasteiger partial charge in [0.1, 0.15) is 6.20 Å². The molecule has 0 aromatic carbocycles. The lowest BCUT2D eigenvalue weighted by Gasteiger charge is -1.99. The molecule has 0 unspecified atom stereocenters. The van der Waals surface area contributed by atoms with Crippen molar-refractivity contribution >= 4 is 15.9 Å².